The number of pyridine rings is 1. The molecule has 0 aliphatic heterocycles. The van der Waals surface area contributed by atoms with Crippen LogP contribution in [0.5, 0.6) is 5.75 Å². The van der Waals surface area contributed by atoms with Crippen LogP contribution in [0.15, 0.2) is 52.8 Å². The molecular weight excluding hydrogens is 303 g/mol. The summed E-state index contributed by atoms with van der Waals surface area (Å²) in [7, 11) is 1.52. The number of aromatic nitrogens is 2. The largest absolute Gasteiger partial charge is 0.497 e. The molecule has 0 atom stereocenters. The Labute approximate surface area is 129 Å². The number of azo groups is 1. The molecule has 8 heteroatoms. The minimum atomic E-state index is -1.27. The number of aromatic carboxylic acids is 1. The lowest BCUT2D eigenvalue weighted by Gasteiger charge is -1.99. The Balaban J connectivity index is 2.10. The maximum absolute atomic E-state index is 13.4. The highest BCUT2D eigenvalue weighted by Crippen LogP contribution is 2.26. The van der Waals surface area contributed by atoms with Gasteiger partial charge >= 0.3 is 5.97 Å². The van der Waals surface area contributed by atoms with Crippen molar-refractivity contribution < 1.29 is 19.0 Å². The van der Waals surface area contributed by atoms with E-state index in [1.807, 2.05) is 0 Å². The van der Waals surface area contributed by atoms with Gasteiger partial charge in [0, 0.05) is 12.3 Å². The number of hydrogen-bond donors (Lipinski definition) is 1. The van der Waals surface area contributed by atoms with Crippen molar-refractivity contribution in [2.75, 3.05) is 7.11 Å². The molecule has 0 bridgehead atoms. The summed E-state index contributed by atoms with van der Waals surface area (Å²) in [5.41, 5.74) is 0.428. The highest BCUT2D eigenvalue weighted by molar-refractivity contribution is 5.91. The molecule has 0 saturated carbocycles. The van der Waals surface area contributed by atoms with Crippen molar-refractivity contribution in [3.63, 3.8) is 0 Å². The molecule has 0 fully saturated rings. The second kappa shape index (κ2) is 5.84. The number of carbonyl (C=O) groups is 1. The van der Waals surface area contributed by atoms with Crippen molar-refractivity contribution in [1.29, 1.82) is 0 Å². The fourth-order valence-corrected chi connectivity index (χ4v) is 2.02. The summed E-state index contributed by atoms with van der Waals surface area (Å²) in [5.74, 6) is -1.28. The van der Waals surface area contributed by atoms with Crippen molar-refractivity contribution in [3.05, 3.63) is 54.1 Å². The summed E-state index contributed by atoms with van der Waals surface area (Å²) in [6.07, 6.45) is 1.11. The van der Waals surface area contributed by atoms with Gasteiger partial charge < -0.3 is 9.84 Å². The summed E-state index contributed by atoms with van der Waals surface area (Å²) in [6.45, 7) is 0. The van der Waals surface area contributed by atoms with Crippen LogP contribution >= 0.6 is 0 Å². The quantitative estimate of drug-likeness (QED) is 0.745. The number of halogens is 1. The third kappa shape index (κ3) is 2.86. The van der Waals surface area contributed by atoms with Gasteiger partial charge in [0.05, 0.1) is 12.8 Å². The van der Waals surface area contributed by atoms with Gasteiger partial charge in [-0.2, -0.15) is 0 Å². The molecule has 0 aliphatic carbocycles. The summed E-state index contributed by atoms with van der Waals surface area (Å²) < 4.78 is 19.7. The maximum Gasteiger partial charge on any atom is 0.358 e. The Morgan fingerprint density at radius 3 is 2.87 bits per heavy atom. The predicted molar refractivity (Wildman–Crippen MR) is 79.3 cm³/mol. The number of carboxylic acid groups (broad SMARTS) is 1. The number of nitrogens with zero attached hydrogens (tertiary/aromatic N) is 4. The first kappa shape index (κ1) is 14.6. The van der Waals surface area contributed by atoms with E-state index in [2.05, 4.69) is 15.2 Å². The molecule has 7 nitrogen and oxygen atoms in total. The average Bonchev–Trinajstić information content (AvgIpc) is 2.91. The average molecular weight is 314 g/mol. The number of benzene rings is 1. The van der Waals surface area contributed by atoms with E-state index in [9.17, 15) is 14.3 Å². The number of carboxylic acids is 1. The molecule has 1 aromatic carbocycles. The molecule has 116 valence electrons. The first-order valence-corrected chi connectivity index (χ1v) is 6.55. The van der Waals surface area contributed by atoms with Gasteiger partial charge in [0.2, 0.25) is 0 Å². The zero-order valence-electron chi connectivity index (χ0n) is 12.0. The highest BCUT2D eigenvalue weighted by Gasteiger charge is 2.18. The molecule has 2 aromatic heterocycles. The Bertz CT molecular complexity index is 920. The Morgan fingerprint density at radius 1 is 1.30 bits per heavy atom. The van der Waals surface area contributed by atoms with Crippen molar-refractivity contribution in [2.45, 2.75) is 0 Å². The maximum atomic E-state index is 13.4. The van der Waals surface area contributed by atoms with Crippen LogP contribution < -0.4 is 4.74 Å². The molecular formula is C15H11FN4O3. The van der Waals surface area contributed by atoms with E-state index in [-0.39, 0.29) is 17.2 Å². The third-order valence-electron chi connectivity index (χ3n) is 3.07. The lowest BCUT2D eigenvalue weighted by atomic mass is 10.3. The monoisotopic (exact) mass is 314 g/mol. The fourth-order valence-electron chi connectivity index (χ4n) is 2.02. The van der Waals surface area contributed by atoms with Crippen LogP contribution in [-0.2, 0) is 0 Å². The molecule has 0 spiro atoms. The fraction of sp³-hybridized carbons (Fsp3) is 0.0667. The van der Waals surface area contributed by atoms with Gasteiger partial charge in [0.25, 0.3) is 0 Å². The van der Waals surface area contributed by atoms with Gasteiger partial charge in [-0.1, -0.05) is 6.07 Å². The van der Waals surface area contributed by atoms with E-state index in [0.29, 0.717) is 11.4 Å². The number of hydrogen-bond acceptors (Lipinski definition) is 5. The number of ether oxygens (including phenoxy) is 1. The van der Waals surface area contributed by atoms with Gasteiger partial charge in [-0.15, -0.1) is 10.2 Å². The van der Waals surface area contributed by atoms with E-state index in [4.69, 9.17) is 4.74 Å². The Kier molecular flexibility index (Phi) is 3.71. The Hall–Kier alpha value is -3.29. The summed E-state index contributed by atoms with van der Waals surface area (Å²) in [6, 6.07) is 9.33. The van der Waals surface area contributed by atoms with Crippen molar-refractivity contribution in [1.82, 2.24) is 9.38 Å². The predicted octanol–water partition coefficient (Wildman–Crippen LogP) is 3.60. The molecule has 2 heterocycles. The van der Waals surface area contributed by atoms with Crippen LogP contribution in [0.25, 0.3) is 5.65 Å². The van der Waals surface area contributed by atoms with Gasteiger partial charge in [-0.05, 0) is 24.3 Å². The molecule has 0 amide bonds. The van der Waals surface area contributed by atoms with Crippen LogP contribution in [0.1, 0.15) is 10.5 Å². The molecule has 1 N–H and O–H groups in total. The first-order valence-electron chi connectivity index (χ1n) is 6.55. The first-order chi connectivity index (χ1) is 11.1. The lowest BCUT2D eigenvalue weighted by Crippen LogP contribution is -1.96. The number of fused-ring (bicyclic) bond motifs is 1. The van der Waals surface area contributed by atoms with E-state index >= 15 is 0 Å². The number of imidazole rings is 1. The minimum absolute atomic E-state index is 0.0604. The van der Waals surface area contributed by atoms with Gasteiger partial charge in [-0.25, -0.2) is 14.2 Å². The zero-order valence-corrected chi connectivity index (χ0v) is 12.0. The molecule has 3 rings (SSSR count). The summed E-state index contributed by atoms with van der Waals surface area (Å²) >= 11 is 0. The topological polar surface area (TPSA) is 88.5 Å². The van der Waals surface area contributed by atoms with Crippen LogP contribution in [-0.4, -0.2) is 27.6 Å². The standard InChI is InChI=1S/C15H11FN4O3/c1-23-11-4-2-3-10(7-11)18-19-14-13(15(21)22)17-12-6-5-9(16)8-20(12)14/h2-8H,1H3,(H,21,22). The zero-order chi connectivity index (χ0) is 16.4. The third-order valence-corrected chi connectivity index (χ3v) is 3.07. The van der Waals surface area contributed by atoms with Crippen molar-refractivity contribution in [2.24, 2.45) is 10.2 Å². The smallest absolute Gasteiger partial charge is 0.358 e. The normalized spacial score (nSPS) is 11.2. The van der Waals surface area contributed by atoms with Crippen molar-refractivity contribution in [3.8, 4) is 5.75 Å². The molecule has 23 heavy (non-hydrogen) atoms. The number of methoxy groups -OCH3 is 1. The molecule has 3 aromatic rings. The summed E-state index contributed by atoms with van der Waals surface area (Å²) in [4.78, 5) is 15.2. The van der Waals surface area contributed by atoms with E-state index < -0.39 is 11.8 Å². The van der Waals surface area contributed by atoms with Crippen molar-refractivity contribution >= 4 is 23.1 Å². The molecule has 0 unspecified atom stereocenters. The van der Waals surface area contributed by atoms with Crippen LogP contribution in [0.3, 0.4) is 0 Å². The highest BCUT2D eigenvalue weighted by atomic mass is 19.1. The van der Waals surface area contributed by atoms with Crippen LogP contribution in [0, 0.1) is 5.82 Å². The minimum Gasteiger partial charge on any atom is -0.497 e. The van der Waals surface area contributed by atoms with Gasteiger partial charge in [-0.3, -0.25) is 4.40 Å². The second-order valence-electron chi connectivity index (χ2n) is 4.57. The van der Waals surface area contributed by atoms with Gasteiger partial charge in [0.15, 0.2) is 11.5 Å². The molecule has 0 aliphatic rings. The Morgan fingerprint density at radius 2 is 2.13 bits per heavy atom. The lowest BCUT2D eigenvalue weighted by molar-refractivity contribution is 0.0692. The van der Waals surface area contributed by atoms with Gasteiger partial charge in [0.1, 0.15) is 17.2 Å². The van der Waals surface area contributed by atoms with Crippen LogP contribution in [0.2, 0.25) is 0 Å². The summed E-state index contributed by atoms with van der Waals surface area (Å²) in [5, 5.41) is 17.1. The molecule has 0 saturated heterocycles. The SMILES string of the molecule is COc1cccc(N=Nc2c(C(=O)O)nc3ccc(F)cn23)c1. The van der Waals surface area contributed by atoms with E-state index in [1.165, 1.54) is 23.6 Å². The number of rotatable bonds is 4. The second-order valence-corrected chi connectivity index (χ2v) is 4.57. The van der Waals surface area contributed by atoms with Crippen LogP contribution in [0.4, 0.5) is 15.9 Å². The molecule has 0 radical (unpaired) electrons. The van der Waals surface area contributed by atoms with E-state index in [0.717, 1.165) is 6.20 Å². The van der Waals surface area contributed by atoms with E-state index in [1.54, 1.807) is 24.3 Å².